The molecule has 1 rings (SSSR count). The largest absolute Gasteiger partial charge is 0.481 e. The number of carbonyl (C=O) groups excluding carboxylic acids is 1. The van der Waals surface area contributed by atoms with Crippen LogP contribution >= 0.6 is 0 Å². The molecule has 19 heavy (non-hydrogen) atoms. The van der Waals surface area contributed by atoms with E-state index in [1.165, 1.54) is 0 Å². The van der Waals surface area contributed by atoms with Crippen LogP contribution in [0.5, 0.6) is 0 Å². The Labute approximate surface area is 114 Å². The molecule has 1 saturated heterocycles. The van der Waals surface area contributed by atoms with E-state index >= 15 is 0 Å². The molecule has 106 valence electrons. The zero-order chi connectivity index (χ0) is 14.3. The predicted molar refractivity (Wildman–Crippen MR) is 72.5 cm³/mol. The van der Waals surface area contributed by atoms with Crippen molar-refractivity contribution in [1.29, 1.82) is 0 Å². The summed E-state index contributed by atoms with van der Waals surface area (Å²) in [5.74, 6) is 2.08. The van der Waals surface area contributed by atoms with Gasteiger partial charge in [0.15, 0.2) is 0 Å². The maximum Gasteiger partial charge on any atom is 0.303 e. The number of amides is 1. The Kier molecular flexibility index (Phi) is 6.37. The smallest absolute Gasteiger partial charge is 0.303 e. The predicted octanol–water partition coefficient (Wildman–Crippen LogP) is 0.701. The normalized spacial score (nSPS) is 18.5. The van der Waals surface area contributed by atoms with Crippen LogP contribution in [0.3, 0.4) is 0 Å². The lowest BCUT2D eigenvalue weighted by molar-refractivity contribution is -0.137. The van der Waals surface area contributed by atoms with E-state index in [0.717, 1.165) is 32.4 Å². The molecule has 0 aliphatic carbocycles. The lowest BCUT2D eigenvalue weighted by Crippen LogP contribution is -2.48. The molecule has 0 saturated carbocycles. The molecule has 1 unspecified atom stereocenters. The first-order chi connectivity index (χ1) is 9.04. The first kappa shape index (κ1) is 15.5. The second-order valence-corrected chi connectivity index (χ2v) is 5.01. The molecule has 1 atom stereocenters. The third-order valence-corrected chi connectivity index (χ3v) is 3.71. The van der Waals surface area contributed by atoms with E-state index in [1.54, 1.807) is 0 Å². The Morgan fingerprint density at radius 1 is 1.47 bits per heavy atom. The summed E-state index contributed by atoms with van der Waals surface area (Å²) in [6, 6.07) is -0.172. The number of aliphatic carboxylic acids is 1. The van der Waals surface area contributed by atoms with Gasteiger partial charge in [0.2, 0.25) is 5.91 Å². The molecule has 1 fully saturated rings. The molecule has 0 bridgehead atoms. The van der Waals surface area contributed by atoms with E-state index in [-0.39, 0.29) is 24.9 Å². The van der Waals surface area contributed by atoms with Crippen LogP contribution in [0.15, 0.2) is 0 Å². The van der Waals surface area contributed by atoms with Crippen molar-refractivity contribution in [2.24, 2.45) is 5.92 Å². The van der Waals surface area contributed by atoms with Crippen molar-refractivity contribution in [2.45, 2.75) is 38.6 Å². The third-order valence-electron chi connectivity index (χ3n) is 3.71. The van der Waals surface area contributed by atoms with Crippen molar-refractivity contribution < 1.29 is 14.7 Å². The maximum absolute atomic E-state index is 11.8. The van der Waals surface area contributed by atoms with Crippen molar-refractivity contribution in [2.75, 3.05) is 19.6 Å². The number of carboxylic acid groups (broad SMARTS) is 1. The number of hydrogen-bond donors (Lipinski definition) is 2. The molecule has 0 aromatic rings. The number of piperidine rings is 1. The number of hydrogen-bond acceptors (Lipinski definition) is 3. The highest BCUT2D eigenvalue weighted by molar-refractivity contribution is 5.81. The van der Waals surface area contributed by atoms with Gasteiger partial charge in [0.05, 0.1) is 12.6 Å². The highest BCUT2D eigenvalue weighted by Gasteiger charge is 2.26. The van der Waals surface area contributed by atoms with Crippen LogP contribution in [-0.2, 0) is 9.59 Å². The Balaban J connectivity index is 2.30. The molecule has 1 heterocycles. The second-order valence-electron chi connectivity index (χ2n) is 5.01. The summed E-state index contributed by atoms with van der Waals surface area (Å²) in [6.45, 7) is 3.82. The average Bonchev–Trinajstić information content (AvgIpc) is 2.42. The van der Waals surface area contributed by atoms with Crippen LogP contribution in [0, 0.1) is 18.3 Å². The van der Waals surface area contributed by atoms with Gasteiger partial charge in [-0.3, -0.25) is 14.5 Å². The zero-order valence-corrected chi connectivity index (χ0v) is 11.4. The van der Waals surface area contributed by atoms with Crippen LogP contribution in [0.2, 0.25) is 0 Å². The van der Waals surface area contributed by atoms with Crippen molar-refractivity contribution in [3.63, 3.8) is 0 Å². The summed E-state index contributed by atoms with van der Waals surface area (Å²) in [4.78, 5) is 24.4. The monoisotopic (exact) mass is 266 g/mol. The van der Waals surface area contributed by atoms with Gasteiger partial charge < -0.3 is 10.4 Å². The third kappa shape index (κ3) is 5.31. The molecule has 0 radical (unpaired) electrons. The first-order valence-electron chi connectivity index (χ1n) is 6.71. The summed E-state index contributed by atoms with van der Waals surface area (Å²) >= 11 is 0. The highest BCUT2D eigenvalue weighted by atomic mass is 16.4. The fourth-order valence-corrected chi connectivity index (χ4v) is 2.41. The number of terminal acetylenes is 1. The fourth-order valence-electron chi connectivity index (χ4n) is 2.41. The number of carboxylic acids is 1. The summed E-state index contributed by atoms with van der Waals surface area (Å²) in [6.07, 6.45) is 8.00. The van der Waals surface area contributed by atoms with Gasteiger partial charge in [-0.2, -0.15) is 0 Å². The first-order valence-corrected chi connectivity index (χ1v) is 6.71. The number of carbonyl (C=O) groups is 2. The maximum atomic E-state index is 11.8. The van der Waals surface area contributed by atoms with Crippen LogP contribution in [0.4, 0.5) is 0 Å². The van der Waals surface area contributed by atoms with E-state index in [0.29, 0.717) is 5.92 Å². The van der Waals surface area contributed by atoms with E-state index < -0.39 is 5.97 Å². The van der Waals surface area contributed by atoms with Gasteiger partial charge in [-0.1, -0.05) is 5.92 Å². The molecule has 5 heteroatoms. The molecule has 0 aromatic heterocycles. The lowest BCUT2D eigenvalue weighted by Gasteiger charge is -2.35. The van der Waals surface area contributed by atoms with Crippen LogP contribution in [0.1, 0.15) is 32.6 Å². The Hall–Kier alpha value is -1.54. The molecule has 5 nitrogen and oxygen atoms in total. The summed E-state index contributed by atoms with van der Waals surface area (Å²) in [7, 11) is 0. The Bertz CT molecular complexity index is 354. The molecule has 0 spiro atoms. The quantitative estimate of drug-likeness (QED) is 0.694. The lowest BCUT2D eigenvalue weighted by atomic mass is 9.91. The van der Waals surface area contributed by atoms with Crippen molar-refractivity contribution in [1.82, 2.24) is 10.2 Å². The number of nitrogens with zero attached hydrogens (tertiary/aromatic N) is 1. The van der Waals surface area contributed by atoms with Gasteiger partial charge >= 0.3 is 5.97 Å². The van der Waals surface area contributed by atoms with Gasteiger partial charge in [-0.05, 0) is 45.2 Å². The summed E-state index contributed by atoms with van der Waals surface area (Å²) < 4.78 is 0. The zero-order valence-electron chi connectivity index (χ0n) is 11.4. The molecule has 1 aliphatic rings. The van der Waals surface area contributed by atoms with E-state index in [1.807, 2.05) is 6.92 Å². The minimum absolute atomic E-state index is 0.0399. The van der Waals surface area contributed by atoms with Crippen molar-refractivity contribution >= 4 is 11.9 Å². The van der Waals surface area contributed by atoms with Crippen molar-refractivity contribution in [3.05, 3.63) is 0 Å². The molecule has 0 aromatic carbocycles. The molecule has 1 amide bonds. The van der Waals surface area contributed by atoms with Gasteiger partial charge in [0.1, 0.15) is 0 Å². The van der Waals surface area contributed by atoms with Gasteiger partial charge in [-0.15, -0.1) is 6.42 Å². The van der Waals surface area contributed by atoms with E-state index in [9.17, 15) is 9.59 Å². The van der Waals surface area contributed by atoms with Gasteiger partial charge in [-0.25, -0.2) is 0 Å². The SMILES string of the molecule is C#CCNC(=O)C(C)N1CCC(CCC(=O)O)CC1. The standard InChI is InChI=1S/C14H22N2O3/c1-3-8-15-14(19)11(2)16-9-6-12(7-10-16)4-5-13(17)18/h1,11-12H,4-10H2,2H3,(H,15,19)(H,17,18). The average molecular weight is 266 g/mol. The second kappa shape index (κ2) is 7.80. The topological polar surface area (TPSA) is 69.6 Å². The van der Waals surface area contributed by atoms with Crippen LogP contribution in [-0.4, -0.2) is 47.6 Å². The minimum Gasteiger partial charge on any atom is -0.481 e. The number of rotatable bonds is 6. The molecule has 1 aliphatic heterocycles. The van der Waals surface area contributed by atoms with E-state index in [2.05, 4.69) is 16.1 Å². The van der Waals surface area contributed by atoms with Gasteiger partial charge in [0, 0.05) is 6.42 Å². The Morgan fingerprint density at radius 2 is 2.11 bits per heavy atom. The van der Waals surface area contributed by atoms with Crippen LogP contribution in [0.25, 0.3) is 0 Å². The van der Waals surface area contributed by atoms with Crippen LogP contribution < -0.4 is 5.32 Å². The molecular formula is C14H22N2O3. The van der Waals surface area contributed by atoms with E-state index in [4.69, 9.17) is 11.5 Å². The molecular weight excluding hydrogens is 244 g/mol. The number of likely N-dealkylation sites (tertiary alicyclic amines) is 1. The van der Waals surface area contributed by atoms with Crippen molar-refractivity contribution in [3.8, 4) is 12.3 Å². The highest BCUT2D eigenvalue weighted by Crippen LogP contribution is 2.23. The number of nitrogens with one attached hydrogen (secondary N) is 1. The minimum atomic E-state index is -0.732. The van der Waals surface area contributed by atoms with Gasteiger partial charge in [0.25, 0.3) is 0 Å². The summed E-state index contributed by atoms with van der Waals surface area (Å²) in [5, 5.41) is 11.3. The summed E-state index contributed by atoms with van der Waals surface area (Å²) in [5.41, 5.74) is 0. The molecule has 2 N–H and O–H groups in total. The fraction of sp³-hybridized carbons (Fsp3) is 0.714. The Morgan fingerprint density at radius 3 is 2.63 bits per heavy atom.